The average Bonchev–Trinajstić information content (AvgIpc) is 3.31. The van der Waals surface area contributed by atoms with Crippen molar-refractivity contribution in [3.8, 4) is 17.1 Å². The van der Waals surface area contributed by atoms with E-state index in [0.29, 0.717) is 27.3 Å². The van der Waals surface area contributed by atoms with Crippen molar-refractivity contribution in [1.82, 2.24) is 20.2 Å². The number of rotatable bonds is 8. The lowest BCUT2D eigenvalue weighted by Crippen LogP contribution is -2.21. The van der Waals surface area contributed by atoms with Crippen LogP contribution in [-0.4, -0.2) is 37.1 Å². The van der Waals surface area contributed by atoms with E-state index in [1.165, 1.54) is 23.9 Å². The summed E-state index contributed by atoms with van der Waals surface area (Å²) < 4.78 is 1.86. The van der Waals surface area contributed by atoms with Crippen molar-refractivity contribution in [1.29, 1.82) is 0 Å². The normalized spacial score (nSPS) is 11.3. The summed E-state index contributed by atoms with van der Waals surface area (Å²) in [7, 11) is 0. The van der Waals surface area contributed by atoms with Crippen molar-refractivity contribution in [2.75, 3.05) is 5.75 Å². The second-order valence-corrected chi connectivity index (χ2v) is 8.69. The first-order chi connectivity index (χ1) is 16.9. The molecule has 1 heterocycles. The van der Waals surface area contributed by atoms with Gasteiger partial charge >= 0.3 is 0 Å². The second kappa shape index (κ2) is 10.9. The van der Waals surface area contributed by atoms with Gasteiger partial charge in [0.2, 0.25) is 0 Å². The predicted octanol–water partition coefficient (Wildman–Crippen LogP) is 5.13. The summed E-state index contributed by atoms with van der Waals surface area (Å²) in [6.45, 7) is 1.66. The Balaban J connectivity index is 1.50. The molecule has 0 saturated heterocycles. The van der Waals surface area contributed by atoms with E-state index in [-0.39, 0.29) is 17.3 Å². The van der Waals surface area contributed by atoms with Gasteiger partial charge in [-0.15, -0.1) is 10.2 Å². The van der Waals surface area contributed by atoms with Crippen molar-refractivity contribution < 1.29 is 9.72 Å². The smallest absolute Gasteiger partial charge is 0.270 e. The Morgan fingerprint density at radius 2 is 1.83 bits per heavy atom. The zero-order valence-corrected chi connectivity index (χ0v) is 20.0. The van der Waals surface area contributed by atoms with Gasteiger partial charge in [0.1, 0.15) is 0 Å². The molecule has 1 N–H and O–H groups in total. The molecule has 0 saturated carbocycles. The van der Waals surface area contributed by atoms with Crippen molar-refractivity contribution in [3.63, 3.8) is 0 Å². The van der Waals surface area contributed by atoms with Gasteiger partial charge in [0.25, 0.3) is 11.6 Å². The van der Waals surface area contributed by atoms with E-state index in [1.807, 2.05) is 47.0 Å². The number of thioether (sulfide) groups is 1. The Hall–Kier alpha value is -4.02. The third-order valence-corrected chi connectivity index (χ3v) is 6.09. The van der Waals surface area contributed by atoms with Crippen LogP contribution < -0.4 is 5.43 Å². The number of nitro benzene ring substituents is 1. The Morgan fingerprint density at radius 1 is 1.09 bits per heavy atom. The fourth-order valence-corrected chi connectivity index (χ4v) is 4.05. The van der Waals surface area contributed by atoms with Crippen molar-refractivity contribution >= 4 is 40.7 Å². The number of nitro groups is 1. The number of hydrazone groups is 1. The molecule has 1 aromatic heterocycles. The predicted molar refractivity (Wildman–Crippen MR) is 136 cm³/mol. The van der Waals surface area contributed by atoms with Gasteiger partial charge in [-0.2, -0.15) is 5.10 Å². The number of carbonyl (C=O) groups excluding carboxylic acids is 1. The van der Waals surface area contributed by atoms with Gasteiger partial charge in [0, 0.05) is 34.0 Å². The maximum absolute atomic E-state index is 12.5. The molecule has 0 atom stereocenters. The maximum Gasteiger partial charge on any atom is 0.270 e. The molecule has 176 valence electrons. The third-order valence-electron chi connectivity index (χ3n) is 4.91. The van der Waals surface area contributed by atoms with Crippen LogP contribution in [0.25, 0.3) is 17.1 Å². The molecule has 35 heavy (non-hydrogen) atoms. The van der Waals surface area contributed by atoms with Crippen LogP contribution in [0.5, 0.6) is 0 Å². The van der Waals surface area contributed by atoms with E-state index < -0.39 is 4.92 Å². The zero-order chi connectivity index (χ0) is 24.8. The van der Waals surface area contributed by atoms with Gasteiger partial charge in [-0.1, -0.05) is 65.8 Å². The summed E-state index contributed by atoms with van der Waals surface area (Å²) in [6.07, 6.45) is 0. The number of aromatic nitrogens is 3. The van der Waals surface area contributed by atoms with E-state index in [1.54, 1.807) is 31.2 Å². The van der Waals surface area contributed by atoms with Crippen LogP contribution in [0.4, 0.5) is 5.69 Å². The molecule has 3 aromatic carbocycles. The first-order valence-electron chi connectivity index (χ1n) is 10.4. The molecule has 0 fully saturated rings. The highest BCUT2D eigenvalue weighted by Gasteiger charge is 2.17. The zero-order valence-electron chi connectivity index (χ0n) is 18.5. The first-order valence-corrected chi connectivity index (χ1v) is 11.8. The number of hydrogen-bond acceptors (Lipinski definition) is 7. The highest BCUT2D eigenvalue weighted by Crippen LogP contribution is 2.28. The summed E-state index contributed by atoms with van der Waals surface area (Å²) in [4.78, 5) is 23.0. The van der Waals surface area contributed by atoms with Crippen molar-refractivity contribution in [2.24, 2.45) is 5.10 Å². The van der Waals surface area contributed by atoms with Gasteiger partial charge < -0.3 is 0 Å². The van der Waals surface area contributed by atoms with Crippen LogP contribution in [0.2, 0.25) is 5.02 Å². The molecule has 0 radical (unpaired) electrons. The Kier molecular flexibility index (Phi) is 7.54. The third kappa shape index (κ3) is 5.92. The fourth-order valence-electron chi connectivity index (χ4n) is 3.18. The largest absolute Gasteiger partial charge is 0.272 e. The molecule has 4 aromatic rings. The number of nitrogens with zero attached hydrogens (tertiary/aromatic N) is 5. The van der Waals surface area contributed by atoms with E-state index in [0.717, 1.165) is 11.3 Å². The number of hydrogen-bond donors (Lipinski definition) is 1. The van der Waals surface area contributed by atoms with E-state index >= 15 is 0 Å². The topological polar surface area (TPSA) is 115 Å². The Labute approximate surface area is 210 Å². The average molecular weight is 507 g/mol. The van der Waals surface area contributed by atoms with E-state index in [2.05, 4.69) is 20.7 Å². The summed E-state index contributed by atoms with van der Waals surface area (Å²) in [5.74, 6) is 0.314. The first kappa shape index (κ1) is 24.1. The molecule has 0 aliphatic carbocycles. The molecule has 0 unspecified atom stereocenters. The van der Waals surface area contributed by atoms with Gasteiger partial charge in [-0.3, -0.25) is 19.5 Å². The van der Waals surface area contributed by atoms with Crippen molar-refractivity contribution in [2.45, 2.75) is 12.1 Å². The van der Waals surface area contributed by atoms with Gasteiger partial charge in [0.05, 0.1) is 16.4 Å². The highest BCUT2D eigenvalue weighted by atomic mass is 35.5. The van der Waals surface area contributed by atoms with E-state index in [4.69, 9.17) is 11.6 Å². The SMILES string of the molecule is C/C(=N\NC(=O)CSc1nnc(-c2ccccc2)n1-c1ccc(Cl)cc1)c1cccc([N+](=O)[O-])c1. The molecule has 11 heteroatoms. The monoisotopic (exact) mass is 506 g/mol. The molecule has 0 bridgehead atoms. The van der Waals surface area contributed by atoms with Crippen LogP contribution in [0.1, 0.15) is 12.5 Å². The summed E-state index contributed by atoms with van der Waals surface area (Å²) in [5, 5.41) is 24.8. The van der Waals surface area contributed by atoms with Gasteiger partial charge in [0.15, 0.2) is 11.0 Å². The van der Waals surface area contributed by atoms with Gasteiger partial charge in [-0.05, 0) is 31.2 Å². The van der Waals surface area contributed by atoms with Crippen LogP contribution in [0, 0.1) is 10.1 Å². The number of benzene rings is 3. The second-order valence-electron chi connectivity index (χ2n) is 7.31. The summed E-state index contributed by atoms with van der Waals surface area (Å²) in [5.41, 5.74) is 5.12. The quantitative estimate of drug-likeness (QED) is 0.153. The standard InChI is InChI=1S/C24H19ClN6O3S/c1-16(18-8-5-9-21(14-18)31(33)34)26-27-22(32)15-35-24-29-28-23(17-6-3-2-4-7-17)30(24)20-12-10-19(25)11-13-20/h2-14H,15H2,1H3,(H,27,32)/b26-16+. The summed E-state index contributed by atoms with van der Waals surface area (Å²) >= 11 is 7.27. The summed E-state index contributed by atoms with van der Waals surface area (Å²) in [6, 6.07) is 22.9. The molecule has 0 spiro atoms. The van der Waals surface area contributed by atoms with Crippen LogP contribution in [0.15, 0.2) is 89.1 Å². The number of carbonyl (C=O) groups is 1. The minimum Gasteiger partial charge on any atom is -0.272 e. The number of non-ortho nitro benzene ring substituents is 1. The van der Waals surface area contributed by atoms with Crippen LogP contribution in [-0.2, 0) is 4.79 Å². The maximum atomic E-state index is 12.5. The van der Waals surface area contributed by atoms with Gasteiger partial charge in [-0.25, -0.2) is 5.43 Å². The minimum atomic E-state index is -0.480. The molecule has 0 aliphatic rings. The minimum absolute atomic E-state index is 0.0340. The lowest BCUT2D eigenvalue weighted by atomic mass is 10.1. The van der Waals surface area contributed by atoms with Crippen LogP contribution in [0.3, 0.4) is 0 Å². The molecule has 4 rings (SSSR count). The molecule has 9 nitrogen and oxygen atoms in total. The van der Waals surface area contributed by atoms with Crippen LogP contribution >= 0.6 is 23.4 Å². The lowest BCUT2D eigenvalue weighted by molar-refractivity contribution is -0.384. The highest BCUT2D eigenvalue weighted by molar-refractivity contribution is 7.99. The number of halogens is 1. The Bertz CT molecular complexity index is 1390. The number of nitrogens with one attached hydrogen (secondary N) is 1. The van der Waals surface area contributed by atoms with Crippen molar-refractivity contribution in [3.05, 3.63) is 99.6 Å². The molecular weight excluding hydrogens is 488 g/mol. The lowest BCUT2D eigenvalue weighted by Gasteiger charge is -2.10. The molecular formula is C24H19ClN6O3S. The molecule has 0 aliphatic heterocycles. The van der Waals surface area contributed by atoms with E-state index in [9.17, 15) is 14.9 Å². The Morgan fingerprint density at radius 3 is 2.54 bits per heavy atom. The fraction of sp³-hybridized carbons (Fsp3) is 0.0833. The number of amides is 1. The molecule has 1 amide bonds.